The molecule has 9 heteroatoms. The van der Waals surface area contributed by atoms with E-state index in [1.54, 1.807) is 30.5 Å². The summed E-state index contributed by atoms with van der Waals surface area (Å²) in [5.41, 5.74) is 5.36. The summed E-state index contributed by atoms with van der Waals surface area (Å²) in [4.78, 5) is 37.2. The standard InChI is InChI=1S/C25H27ClN4O4/c1-15(2)23(28-24(32)17-9-11-18(26)12-10-17)25(33)29-27-13-20-16(3)30(14-22(31)34-4)21-8-6-5-7-19(20)21/h5-13,15,23H,14H2,1-4H3,(H,28,32)(H,29,33)/b27-13-. The van der Waals surface area contributed by atoms with Gasteiger partial charge in [0.15, 0.2) is 0 Å². The Hall–Kier alpha value is -3.65. The van der Waals surface area contributed by atoms with Crippen molar-refractivity contribution in [2.45, 2.75) is 33.4 Å². The molecule has 2 aromatic carbocycles. The molecular formula is C25H27ClN4O4. The van der Waals surface area contributed by atoms with Crippen LogP contribution in [0.2, 0.25) is 5.02 Å². The molecule has 0 saturated carbocycles. The van der Waals surface area contributed by atoms with Crippen LogP contribution in [0, 0.1) is 12.8 Å². The predicted molar refractivity (Wildman–Crippen MR) is 132 cm³/mol. The summed E-state index contributed by atoms with van der Waals surface area (Å²) in [6.07, 6.45) is 1.54. The lowest BCUT2D eigenvalue weighted by Gasteiger charge is -2.20. The molecule has 0 aliphatic carbocycles. The van der Waals surface area contributed by atoms with Gasteiger partial charge in [-0.2, -0.15) is 5.10 Å². The normalized spacial score (nSPS) is 12.2. The molecule has 0 spiro atoms. The lowest BCUT2D eigenvalue weighted by atomic mass is 10.0. The molecule has 1 atom stereocenters. The number of para-hydroxylation sites is 1. The molecular weight excluding hydrogens is 456 g/mol. The molecule has 2 N–H and O–H groups in total. The van der Waals surface area contributed by atoms with Gasteiger partial charge in [0.25, 0.3) is 11.8 Å². The number of esters is 1. The fourth-order valence-electron chi connectivity index (χ4n) is 3.61. The molecule has 0 bridgehead atoms. The molecule has 178 valence electrons. The minimum atomic E-state index is -0.790. The van der Waals surface area contributed by atoms with Crippen molar-refractivity contribution in [3.05, 3.63) is 70.4 Å². The molecule has 1 unspecified atom stereocenters. The fourth-order valence-corrected chi connectivity index (χ4v) is 3.73. The van der Waals surface area contributed by atoms with Gasteiger partial charge < -0.3 is 14.6 Å². The van der Waals surface area contributed by atoms with Gasteiger partial charge in [-0.05, 0) is 43.2 Å². The van der Waals surface area contributed by atoms with Crippen molar-refractivity contribution < 1.29 is 19.1 Å². The third-order valence-corrected chi connectivity index (χ3v) is 5.76. The summed E-state index contributed by atoms with van der Waals surface area (Å²) in [7, 11) is 1.35. The number of hydrogen-bond acceptors (Lipinski definition) is 5. The van der Waals surface area contributed by atoms with E-state index in [2.05, 4.69) is 15.8 Å². The number of aromatic nitrogens is 1. The maximum Gasteiger partial charge on any atom is 0.325 e. The number of halogens is 1. The number of carbonyl (C=O) groups is 3. The van der Waals surface area contributed by atoms with Crippen molar-refractivity contribution in [1.82, 2.24) is 15.3 Å². The number of nitrogens with one attached hydrogen (secondary N) is 2. The molecule has 1 aromatic heterocycles. The van der Waals surface area contributed by atoms with Crippen molar-refractivity contribution in [3.8, 4) is 0 Å². The summed E-state index contributed by atoms with van der Waals surface area (Å²) in [5, 5.41) is 8.30. The summed E-state index contributed by atoms with van der Waals surface area (Å²) in [6.45, 7) is 5.60. The van der Waals surface area contributed by atoms with Crippen molar-refractivity contribution in [3.63, 3.8) is 0 Å². The Morgan fingerprint density at radius 3 is 2.44 bits per heavy atom. The third kappa shape index (κ3) is 5.63. The van der Waals surface area contributed by atoms with Crippen molar-refractivity contribution in [2.75, 3.05) is 7.11 Å². The average Bonchev–Trinajstić information content (AvgIpc) is 3.08. The number of ether oxygens (including phenoxy) is 1. The van der Waals surface area contributed by atoms with Crippen molar-refractivity contribution in [2.24, 2.45) is 11.0 Å². The third-order valence-electron chi connectivity index (χ3n) is 5.51. The van der Waals surface area contributed by atoms with Crippen LogP contribution in [0.3, 0.4) is 0 Å². The Balaban J connectivity index is 1.77. The van der Waals surface area contributed by atoms with E-state index < -0.39 is 11.9 Å². The molecule has 3 aromatic rings. The van der Waals surface area contributed by atoms with Gasteiger partial charge in [-0.1, -0.05) is 43.6 Å². The quantitative estimate of drug-likeness (QED) is 0.290. The van der Waals surface area contributed by atoms with Crippen LogP contribution in [-0.2, 0) is 20.9 Å². The molecule has 1 heterocycles. The highest BCUT2D eigenvalue weighted by Crippen LogP contribution is 2.24. The lowest BCUT2D eigenvalue weighted by molar-refractivity contribution is -0.141. The van der Waals surface area contributed by atoms with Gasteiger partial charge >= 0.3 is 5.97 Å². The average molecular weight is 483 g/mol. The fraction of sp³-hybridized carbons (Fsp3) is 0.280. The molecule has 8 nitrogen and oxygen atoms in total. The molecule has 34 heavy (non-hydrogen) atoms. The van der Waals surface area contributed by atoms with E-state index >= 15 is 0 Å². The molecule has 0 fully saturated rings. The minimum Gasteiger partial charge on any atom is -0.468 e. The zero-order chi connectivity index (χ0) is 24.8. The molecule has 0 radical (unpaired) electrons. The van der Waals surface area contributed by atoms with E-state index in [1.807, 2.05) is 49.6 Å². The predicted octanol–water partition coefficient (Wildman–Crippen LogP) is 3.68. The number of fused-ring (bicyclic) bond motifs is 1. The molecule has 0 aliphatic heterocycles. The number of hydrazone groups is 1. The van der Waals surface area contributed by atoms with Gasteiger partial charge in [-0.3, -0.25) is 14.4 Å². The first-order chi connectivity index (χ1) is 16.2. The van der Waals surface area contributed by atoms with Crippen LogP contribution in [0.4, 0.5) is 0 Å². The lowest BCUT2D eigenvalue weighted by Crippen LogP contribution is -2.48. The second-order valence-corrected chi connectivity index (χ2v) is 8.55. The maximum atomic E-state index is 12.8. The molecule has 3 rings (SSSR count). The Morgan fingerprint density at radius 2 is 1.79 bits per heavy atom. The summed E-state index contributed by atoms with van der Waals surface area (Å²) >= 11 is 5.88. The zero-order valence-corrected chi connectivity index (χ0v) is 20.2. The highest BCUT2D eigenvalue weighted by Gasteiger charge is 2.24. The Labute approximate surface area is 202 Å². The Kier molecular flexibility index (Phi) is 8.07. The number of amides is 2. The molecule has 0 saturated heterocycles. The van der Waals surface area contributed by atoms with Crippen LogP contribution in [0.15, 0.2) is 53.6 Å². The highest BCUT2D eigenvalue weighted by molar-refractivity contribution is 6.30. The number of rotatable bonds is 8. The SMILES string of the molecule is COC(=O)Cn1c(C)c(/C=N\NC(=O)C(NC(=O)c2ccc(Cl)cc2)C(C)C)c2ccccc21. The van der Waals surface area contributed by atoms with Crippen LogP contribution in [0.1, 0.15) is 35.5 Å². The van der Waals surface area contributed by atoms with Crippen LogP contribution in [0.25, 0.3) is 10.9 Å². The smallest absolute Gasteiger partial charge is 0.325 e. The monoisotopic (exact) mass is 482 g/mol. The van der Waals surface area contributed by atoms with Crippen LogP contribution in [-0.4, -0.2) is 41.7 Å². The first kappa shape index (κ1) is 25.0. The number of methoxy groups -OCH3 is 1. The zero-order valence-electron chi connectivity index (χ0n) is 19.5. The first-order valence-corrected chi connectivity index (χ1v) is 11.1. The number of benzene rings is 2. The minimum absolute atomic E-state index is 0.0647. The molecule has 2 amide bonds. The van der Waals surface area contributed by atoms with Crippen molar-refractivity contribution >= 4 is 46.5 Å². The number of hydrogen-bond donors (Lipinski definition) is 2. The summed E-state index contributed by atoms with van der Waals surface area (Å²) < 4.78 is 6.65. The van der Waals surface area contributed by atoms with E-state index in [1.165, 1.54) is 7.11 Å². The van der Waals surface area contributed by atoms with E-state index in [0.717, 1.165) is 22.2 Å². The van der Waals surface area contributed by atoms with E-state index in [0.29, 0.717) is 10.6 Å². The van der Waals surface area contributed by atoms with Gasteiger partial charge in [0.1, 0.15) is 12.6 Å². The molecule has 0 aliphatic rings. The van der Waals surface area contributed by atoms with E-state index in [4.69, 9.17) is 16.3 Å². The van der Waals surface area contributed by atoms with Crippen molar-refractivity contribution in [1.29, 1.82) is 0 Å². The van der Waals surface area contributed by atoms with E-state index in [9.17, 15) is 14.4 Å². The topological polar surface area (TPSA) is 102 Å². The van der Waals surface area contributed by atoms with Crippen LogP contribution < -0.4 is 10.7 Å². The number of carbonyl (C=O) groups excluding carboxylic acids is 3. The second-order valence-electron chi connectivity index (χ2n) is 8.11. The Bertz CT molecular complexity index is 1230. The van der Waals surface area contributed by atoms with Gasteiger partial charge in [-0.25, -0.2) is 5.43 Å². The van der Waals surface area contributed by atoms with E-state index in [-0.39, 0.29) is 24.3 Å². The largest absolute Gasteiger partial charge is 0.468 e. The van der Waals surface area contributed by atoms with Gasteiger partial charge in [0.05, 0.1) is 13.3 Å². The van der Waals surface area contributed by atoms with Gasteiger partial charge in [-0.15, -0.1) is 0 Å². The second kappa shape index (κ2) is 11.0. The first-order valence-electron chi connectivity index (χ1n) is 10.8. The van der Waals surface area contributed by atoms with Crippen LogP contribution >= 0.6 is 11.6 Å². The number of nitrogens with zero attached hydrogens (tertiary/aromatic N) is 2. The summed E-state index contributed by atoms with van der Waals surface area (Å²) in [5.74, 6) is -1.35. The van der Waals surface area contributed by atoms with Gasteiger partial charge in [0, 0.05) is 32.7 Å². The highest BCUT2D eigenvalue weighted by atomic mass is 35.5. The maximum absolute atomic E-state index is 12.8. The van der Waals surface area contributed by atoms with Gasteiger partial charge in [0.2, 0.25) is 0 Å². The Morgan fingerprint density at radius 1 is 1.12 bits per heavy atom. The summed E-state index contributed by atoms with van der Waals surface area (Å²) in [6, 6.07) is 13.2. The van der Waals surface area contributed by atoms with Crippen LogP contribution in [0.5, 0.6) is 0 Å².